The van der Waals surface area contributed by atoms with Gasteiger partial charge < -0.3 is 4.90 Å². The lowest BCUT2D eigenvalue weighted by Crippen LogP contribution is -2.51. The van der Waals surface area contributed by atoms with Crippen molar-refractivity contribution in [2.24, 2.45) is 0 Å². The first-order valence-electron chi connectivity index (χ1n) is 6.42. The van der Waals surface area contributed by atoms with E-state index in [-0.39, 0.29) is 5.91 Å². The molecule has 0 spiro atoms. The first kappa shape index (κ1) is 12.0. The van der Waals surface area contributed by atoms with E-state index >= 15 is 0 Å². The summed E-state index contributed by atoms with van der Waals surface area (Å²) in [6.07, 6.45) is 2.06. The number of hydrogen-bond donors (Lipinski definition) is 1. The van der Waals surface area contributed by atoms with Crippen LogP contribution in [0.25, 0.3) is 0 Å². The standard InChI is InChI=1S/C13H17N5O/c1-9-5-10(2)18(16-9)12-7-17(8-12)13(19)6-11-3-4-14-15-11/h3-5,12H,6-8H2,1-2H3,(H,14,15). The van der Waals surface area contributed by atoms with Gasteiger partial charge in [0.15, 0.2) is 0 Å². The molecule has 1 fully saturated rings. The Morgan fingerprint density at radius 1 is 1.47 bits per heavy atom. The van der Waals surface area contributed by atoms with Crippen molar-refractivity contribution in [2.45, 2.75) is 26.3 Å². The smallest absolute Gasteiger partial charge is 0.228 e. The summed E-state index contributed by atoms with van der Waals surface area (Å²) in [5, 5.41) is 11.1. The molecule has 19 heavy (non-hydrogen) atoms. The number of rotatable bonds is 3. The molecule has 1 amide bonds. The zero-order valence-electron chi connectivity index (χ0n) is 11.1. The van der Waals surface area contributed by atoms with Gasteiger partial charge in [-0.25, -0.2) is 0 Å². The van der Waals surface area contributed by atoms with E-state index in [1.807, 2.05) is 22.6 Å². The number of aromatic amines is 1. The van der Waals surface area contributed by atoms with Crippen LogP contribution in [0.15, 0.2) is 18.3 Å². The second-order valence-electron chi connectivity index (χ2n) is 5.08. The predicted molar refractivity (Wildman–Crippen MR) is 69.6 cm³/mol. The minimum atomic E-state index is 0.141. The molecule has 3 heterocycles. The maximum absolute atomic E-state index is 12.0. The molecule has 0 aromatic carbocycles. The van der Waals surface area contributed by atoms with Gasteiger partial charge in [0.1, 0.15) is 0 Å². The van der Waals surface area contributed by atoms with Gasteiger partial charge in [0.25, 0.3) is 0 Å². The summed E-state index contributed by atoms with van der Waals surface area (Å²) >= 11 is 0. The van der Waals surface area contributed by atoms with Gasteiger partial charge in [0.2, 0.25) is 5.91 Å². The molecular weight excluding hydrogens is 242 g/mol. The van der Waals surface area contributed by atoms with Crippen molar-refractivity contribution in [2.75, 3.05) is 13.1 Å². The Balaban J connectivity index is 1.58. The Morgan fingerprint density at radius 3 is 2.84 bits per heavy atom. The molecule has 100 valence electrons. The van der Waals surface area contributed by atoms with E-state index in [0.29, 0.717) is 12.5 Å². The molecule has 2 aromatic rings. The Labute approximate surface area is 111 Å². The van der Waals surface area contributed by atoms with E-state index in [1.165, 1.54) is 0 Å². The van der Waals surface area contributed by atoms with Crippen LogP contribution in [0.1, 0.15) is 23.1 Å². The summed E-state index contributed by atoms with van der Waals surface area (Å²) in [6.45, 7) is 5.53. The first-order valence-corrected chi connectivity index (χ1v) is 6.42. The molecule has 6 heteroatoms. The first-order chi connectivity index (χ1) is 9.13. The third kappa shape index (κ3) is 2.25. The van der Waals surface area contributed by atoms with Crippen molar-refractivity contribution in [3.8, 4) is 0 Å². The zero-order chi connectivity index (χ0) is 13.4. The average molecular weight is 259 g/mol. The third-order valence-electron chi connectivity index (χ3n) is 3.51. The highest BCUT2D eigenvalue weighted by Gasteiger charge is 2.33. The van der Waals surface area contributed by atoms with Crippen molar-refractivity contribution >= 4 is 5.91 Å². The molecule has 1 N–H and O–H groups in total. The molecule has 0 atom stereocenters. The van der Waals surface area contributed by atoms with Crippen LogP contribution in [0.2, 0.25) is 0 Å². The molecule has 1 aliphatic rings. The van der Waals surface area contributed by atoms with E-state index in [9.17, 15) is 4.79 Å². The van der Waals surface area contributed by atoms with Gasteiger partial charge in [0.05, 0.1) is 18.2 Å². The topological polar surface area (TPSA) is 66.8 Å². The van der Waals surface area contributed by atoms with Crippen LogP contribution in [-0.4, -0.2) is 43.9 Å². The Kier molecular flexibility index (Phi) is 2.85. The summed E-state index contributed by atoms with van der Waals surface area (Å²) in [6, 6.07) is 4.21. The largest absolute Gasteiger partial charge is 0.338 e. The van der Waals surface area contributed by atoms with Crippen LogP contribution in [0.5, 0.6) is 0 Å². The van der Waals surface area contributed by atoms with E-state index in [1.54, 1.807) is 6.20 Å². The number of amides is 1. The monoisotopic (exact) mass is 259 g/mol. The number of nitrogens with zero attached hydrogens (tertiary/aromatic N) is 4. The Hall–Kier alpha value is -2.11. The molecule has 0 saturated carbocycles. The van der Waals surface area contributed by atoms with Gasteiger partial charge in [-0.3, -0.25) is 14.6 Å². The Bertz CT molecular complexity index is 580. The summed E-state index contributed by atoms with van der Waals surface area (Å²) in [4.78, 5) is 13.9. The predicted octanol–water partition coefficient (Wildman–Crippen LogP) is 0.849. The number of aryl methyl sites for hydroxylation is 2. The highest BCUT2D eigenvalue weighted by atomic mass is 16.2. The average Bonchev–Trinajstić information content (AvgIpc) is 2.87. The van der Waals surface area contributed by atoms with E-state index in [2.05, 4.69) is 28.3 Å². The van der Waals surface area contributed by atoms with Crippen LogP contribution in [-0.2, 0) is 11.2 Å². The quantitative estimate of drug-likeness (QED) is 0.888. The second-order valence-corrected chi connectivity index (χ2v) is 5.08. The molecule has 0 unspecified atom stereocenters. The summed E-state index contributed by atoms with van der Waals surface area (Å²) in [7, 11) is 0. The van der Waals surface area contributed by atoms with E-state index in [0.717, 1.165) is 30.2 Å². The number of hydrogen-bond acceptors (Lipinski definition) is 3. The number of H-pyrrole nitrogens is 1. The fourth-order valence-electron chi connectivity index (χ4n) is 2.49. The third-order valence-corrected chi connectivity index (χ3v) is 3.51. The van der Waals surface area contributed by atoms with Gasteiger partial charge in [-0.1, -0.05) is 0 Å². The minimum Gasteiger partial charge on any atom is -0.338 e. The number of nitrogens with one attached hydrogen (secondary N) is 1. The highest BCUT2D eigenvalue weighted by Crippen LogP contribution is 2.23. The molecule has 1 saturated heterocycles. The molecule has 1 aliphatic heterocycles. The highest BCUT2D eigenvalue weighted by molar-refractivity contribution is 5.79. The van der Waals surface area contributed by atoms with Gasteiger partial charge in [0, 0.05) is 30.7 Å². The lowest BCUT2D eigenvalue weighted by Gasteiger charge is -2.39. The maximum atomic E-state index is 12.0. The van der Waals surface area contributed by atoms with E-state index < -0.39 is 0 Å². The molecule has 6 nitrogen and oxygen atoms in total. The summed E-state index contributed by atoms with van der Waals surface area (Å²) in [5.74, 6) is 0.141. The molecule has 2 aromatic heterocycles. The molecule has 3 rings (SSSR count). The number of likely N-dealkylation sites (tertiary alicyclic amines) is 1. The lowest BCUT2D eigenvalue weighted by atomic mass is 10.1. The van der Waals surface area contributed by atoms with Gasteiger partial charge in [-0.05, 0) is 26.0 Å². The van der Waals surface area contributed by atoms with Crippen LogP contribution < -0.4 is 0 Å². The number of carbonyl (C=O) groups excluding carboxylic acids is 1. The zero-order valence-corrected chi connectivity index (χ0v) is 11.1. The summed E-state index contributed by atoms with van der Waals surface area (Å²) in [5.41, 5.74) is 3.04. The van der Waals surface area contributed by atoms with Crippen LogP contribution in [0.4, 0.5) is 0 Å². The SMILES string of the molecule is Cc1cc(C)n(C2CN(C(=O)Cc3ccn[nH]3)C2)n1. The van der Waals surface area contributed by atoms with Gasteiger partial charge in [-0.15, -0.1) is 0 Å². The molecular formula is C13H17N5O. The van der Waals surface area contributed by atoms with Crippen LogP contribution in [0, 0.1) is 13.8 Å². The lowest BCUT2D eigenvalue weighted by molar-refractivity contribution is -0.136. The van der Waals surface area contributed by atoms with Gasteiger partial charge in [-0.2, -0.15) is 10.2 Å². The molecule has 0 radical (unpaired) electrons. The van der Waals surface area contributed by atoms with Crippen molar-refractivity contribution in [1.29, 1.82) is 0 Å². The normalized spacial score (nSPS) is 15.6. The molecule has 0 aliphatic carbocycles. The van der Waals surface area contributed by atoms with Crippen molar-refractivity contribution in [1.82, 2.24) is 24.9 Å². The fourth-order valence-corrected chi connectivity index (χ4v) is 2.49. The minimum absolute atomic E-state index is 0.141. The van der Waals surface area contributed by atoms with Crippen molar-refractivity contribution in [3.63, 3.8) is 0 Å². The number of aromatic nitrogens is 4. The Morgan fingerprint density at radius 2 is 2.26 bits per heavy atom. The van der Waals surface area contributed by atoms with E-state index in [4.69, 9.17) is 0 Å². The van der Waals surface area contributed by atoms with Gasteiger partial charge >= 0.3 is 0 Å². The number of carbonyl (C=O) groups is 1. The van der Waals surface area contributed by atoms with Crippen molar-refractivity contribution in [3.05, 3.63) is 35.4 Å². The maximum Gasteiger partial charge on any atom is 0.228 e. The van der Waals surface area contributed by atoms with Crippen LogP contribution >= 0.6 is 0 Å². The van der Waals surface area contributed by atoms with Crippen molar-refractivity contribution < 1.29 is 4.79 Å². The fraction of sp³-hybridized carbons (Fsp3) is 0.462. The van der Waals surface area contributed by atoms with Crippen LogP contribution in [0.3, 0.4) is 0 Å². The second kappa shape index (κ2) is 4.53. The molecule has 0 bridgehead atoms. The summed E-state index contributed by atoms with van der Waals surface area (Å²) < 4.78 is 2.02.